The van der Waals surface area contributed by atoms with Crippen molar-refractivity contribution >= 4 is 5.97 Å². The highest BCUT2D eigenvalue weighted by Crippen LogP contribution is 2.25. The zero-order chi connectivity index (χ0) is 14.3. The molecule has 2 nitrogen and oxygen atoms in total. The third-order valence-corrected chi connectivity index (χ3v) is 3.34. The predicted octanol–water partition coefficient (Wildman–Crippen LogP) is 4.26. The van der Waals surface area contributed by atoms with E-state index in [4.69, 9.17) is 4.74 Å². The SMILES string of the molecule is CCCc1c(CCC(=O)OCC)cccc1C(C)C. The molecule has 0 aliphatic rings. The van der Waals surface area contributed by atoms with Crippen molar-refractivity contribution in [3.63, 3.8) is 0 Å². The van der Waals surface area contributed by atoms with Gasteiger partial charge in [-0.15, -0.1) is 0 Å². The third-order valence-electron chi connectivity index (χ3n) is 3.34. The lowest BCUT2D eigenvalue weighted by molar-refractivity contribution is -0.143. The lowest BCUT2D eigenvalue weighted by Gasteiger charge is -2.16. The fraction of sp³-hybridized carbons (Fsp3) is 0.588. The van der Waals surface area contributed by atoms with Crippen LogP contribution in [0.15, 0.2) is 18.2 Å². The maximum Gasteiger partial charge on any atom is 0.306 e. The van der Waals surface area contributed by atoms with Crippen molar-refractivity contribution in [2.45, 2.75) is 59.3 Å². The highest BCUT2D eigenvalue weighted by Gasteiger charge is 2.12. The summed E-state index contributed by atoms with van der Waals surface area (Å²) in [6.07, 6.45) is 3.49. The van der Waals surface area contributed by atoms with Crippen LogP contribution in [0.3, 0.4) is 0 Å². The largest absolute Gasteiger partial charge is 0.466 e. The summed E-state index contributed by atoms with van der Waals surface area (Å²) < 4.78 is 5.00. The van der Waals surface area contributed by atoms with Crippen molar-refractivity contribution in [3.8, 4) is 0 Å². The van der Waals surface area contributed by atoms with Crippen molar-refractivity contribution in [2.75, 3.05) is 6.61 Å². The summed E-state index contributed by atoms with van der Waals surface area (Å²) in [5, 5.41) is 0. The van der Waals surface area contributed by atoms with Gasteiger partial charge in [0, 0.05) is 6.42 Å². The van der Waals surface area contributed by atoms with E-state index in [1.165, 1.54) is 16.7 Å². The average molecular weight is 262 g/mol. The van der Waals surface area contributed by atoms with Gasteiger partial charge in [-0.2, -0.15) is 0 Å². The minimum atomic E-state index is -0.0973. The molecule has 1 aromatic carbocycles. The fourth-order valence-corrected chi connectivity index (χ4v) is 2.45. The number of carbonyl (C=O) groups excluding carboxylic acids is 1. The normalized spacial score (nSPS) is 10.8. The molecule has 0 saturated carbocycles. The maximum atomic E-state index is 11.5. The van der Waals surface area contributed by atoms with Gasteiger partial charge in [-0.3, -0.25) is 4.79 Å². The molecule has 0 aliphatic heterocycles. The van der Waals surface area contributed by atoms with Crippen molar-refractivity contribution in [1.29, 1.82) is 0 Å². The van der Waals surface area contributed by atoms with Crippen molar-refractivity contribution in [3.05, 3.63) is 34.9 Å². The number of hydrogen-bond acceptors (Lipinski definition) is 2. The first-order valence-electron chi connectivity index (χ1n) is 7.36. The Kier molecular flexibility index (Phi) is 6.61. The molecule has 19 heavy (non-hydrogen) atoms. The van der Waals surface area contributed by atoms with E-state index in [1.54, 1.807) is 0 Å². The van der Waals surface area contributed by atoms with Crippen LogP contribution in [0, 0.1) is 0 Å². The van der Waals surface area contributed by atoms with Crippen molar-refractivity contribution < 1.29 is 9.53 Å². The first kappa shape index (κ1) is 15.7. The summed E-state index contributed by atoms with van der Waals surface area (Å²) in [5.41, 5.74) is 4.16. The Hall–Kier alpha value is -1.31. The van der Waals surface area contributed by atoms with Gasteiger partial charge in [-0.05, 0) is 42.4 Å². The monoisotopic (exact) mass is 262 g/mol. The Bertz CT molecular complexity index is 408. The topological polar surface area (TPSA) is 26.3 Å². The molecule has 0 saturated heterocycles. The van der Waals surface area contributed by atoms with E-state index in [2.05, 4.69) is 39.0 Å². The molecular weight excluding hydrogens is 236 g/mol. The summed E-state index contributed by atoms with van der Waals surface area (Å²) in [4.78, 5) is 11.5. The number of hydrogen-bond donors (Lipinski definition) is 0. The van der Waals surface area contributed by atoms with Gasteiger partial charge in [0.05, 0.1) is 6.61 Å². The van der Waals surface area contributed by atoms with Crippen LogP contribution >= 0.6 is 0 Å². The first-order valence-corrected chi connectivity index (χ1v) is 7.36. The summed E-state index contributed by atoms with van der Waals surface area (Å²) in [7, 11) is 0. The van der Waals surface area contributed by atoms with Gasteiger partial charge in [-0.25, -0.2) is 0 Å². The smallest absolute Gasteiger partial charge is 0.306 e. The molecule has 0 spiro atoms. The molecule has 0 atom stereocenters. The summed E-state index contributed by atoms with van der Waals surface area (Å²) in [6, 6.07) is 6.47. The second-order valence-electron chi connectivity index (χ2n) is 5.19. The number of esters is 1. The molecule has 0 radical (unpaired) electrons. The lowest BCUT2D eigenvalue weighted by Crippen LogP contribution is -2.08. The summed E-state index contributed by atoms with van der Waals surface area (Å²) in [5.74, 6) is 0.434. The highest BCUT2D eigenvalue weighted by molar-refractivity contribution is 5.69. The Morgan fingerprint density at radius 2 is 1.95 bits per heavy atom. The van der Waals surface area contributed by atoms with Crippen molar-refractivity contribution in [1.82, 2.24) is 0 Å². The van der Waals surface area contributed by atoms with Gasteiger partial charge in [0.15, 0.2) is 0 Å². The van der Waals surface area contributed by atoms with Crippen molar-refractivity contribution in [2.24, 2.45) is 0 Å². The number of ether oxygens (including phenoxy) is 1. The quantitative estimate of drug-likeness (QED) is 0.686. The van der Waals surface area contributed by atoms with Crippen LogP contribution in [-0.4, -0.2) is 12.6 Å². The van der Waals surface area contributed by atoms with E-state index in [1.807, 2.05) is 6.92 Å². The van der Waals surface area contributed by atoms with E-state index in [9.17, 15) is 4.79 Å². The van der Waals surface area contributed by atoms with Crippen LogP contribution in [0.25, 0.3) is 0 Å². The van der Waals surface area contributed by atoms with Gasteiger partial charge in [0.1, 0.15) is 0 Å². The third kappa shape index (κ3) is 4.70. The molecule has 0 N–H and O–H groups in total. The number of rotatable bonds is 7. The van der Waals surface area contributed by atoms with E-state index in [-0.39, 0.29) is 5.97 Å². The molecule has 2 heteroatoms. The summed E-state index contributed by atoms with van der Waals surface area (Å²) in [6.45, 7) is 8.96. The van der Waals surface area contributed by atoms with Crippen LogP contribution in [0.4, 0.5) is 0 Å². The minimum absolute atomic E-state index is 0.0973. The lowest BCUT2D eigenvalue weighted by atomic mass is 9.89. The molecule has 106 valence electrons. The molecule has 0 aromatic heterocycles. The molecule has 0 aliphatic carbocycles. The Balaban J connectivity index is 2.87. The molecule has 1 aromatic rings. The maximum absolute atomic E-state index is 11.5. The average Bonchev–Trinajstić information content (AvgIpc) is 2.37. The second-order valence-corrected chi connectivity index (χ2v) is 5.19. The molecule has 0 heterocycles. The molecule has 0 fully saturated rings. The van der Waals surface area contributed by atoms with Gasteiger partial charge in [0.25, 0.3) is 0 Å². The fourth-order valence-electron chi connectivity index (χ4n) is 2.45. The van der Waals surface area contributed by atoms with E-state index >= 15 is 0 Å². The molecular formula is C17H26O2. The van der Waals surface area contributed by atoms with Crippen LogP contribution < -0.4 is 0 Å². The Labute approximate surface area is 117 Å². The van der Waals surface area contributed by atoms with Gasteiger partial charge >= 0.3 is 5.97 Å². The Morgan fingerprint density at radius 1 is 1.21 bits per heavy atom. The van der Waals surface area contributed by atoms with Gasteiger partial charge in [0.2, 0.25) is 0 Å². The minimum Gasteiger partial charge on any atom is -0.466 e. The molecule has 1 rings (SSSR count). The van der Waals surface area contributed by atoms with Gasteiger partial charge < -0.3 is 4.74 Å². The second kappa shape index (κ2) is 7.98. The highest BCUT2D eigenvalue weighted by atomic mass is 16.5. The Morgan fingerprint density at radius 3 is 2.53 bits per heavy atom. The number of aryl methyl sites for hydroxylation is 1. The number of benzene rings is 1. The molecule has 0 bridgehead atoms. The van der Waals surface area contributed by atoms with E-state index in [0.717, 1.165) is 19.3 Å². The van der Waals surface area contributed by atoms with Gasteiger partial charge in [-0.1, -0.05) is 45.4 Å². The van der Waals surface area contributed by atoms with Crippen LogP contribution in [0.1, 0.15) is 63.1 Å². The summed E-state index contributed by atoms with van der Waals surface area (Å²) >= 11 is 0. The molecule has 0 unspecified atom stereocenters. The van der Waals surface area contributed by atoms with E-state index in [0.29, 0.717) is 18.9 Å². The zero-order valence-corrected chi connectivity index (χ0v) is 12.7. The predicted molar refractivity (Wildman–Crippen MR) is 79.5 cm³/mol. The van der Waals surface area contributed by atoms with E-state index < -0.39 is 0 Å². The molecule has 0 amide bonds. The zero-order valence-electron chi connectivity index (χ0n) is 12.7. The van der Waals surface area contributed by atoms with Crippen LogP contribution in [0.2, 0.25) is 0 Å². The van der Waals surface area contributed by atoms with Crippen LogP contribution in [-0.2, 0) is 22.4 Å². The standard InChI is InChI=1S/C17H26O2/c1-5-8-16-14(11-12-17(18)19-6-2)9-7-10-15(16)13(3)4/h7,9-10,13H,5-6,8,11-12H2,1-4H3. The van der Waals surface area contributed by atoms with Crippen LogP contribution in [0.5, 0.6) is 0 Å². The number of carbonyl (C=O) groups is 1. The first-order chi connectivity index (χ1) is 9.10.